The molecule has 0 aliphatic carbocycles. The van der Waals surface area contributed by atoms with Crippen LogP contribution in [0.4, 0.5) is 9.18 Å². The Bertz CT molecular complexity index is 807. The van der Waals surface area contributed by atoms with Crippen LogP contribution in [0, 0.1) is 0 Å². The molecule has 0 radical (unpaired) electrons. The summed E-state index contributed by atoms with van der Waals surface area (Å²) in [6.45, 7) is -0.920. The van der Waals surface area contributed by atoms with E-state index in [9.17, 15) is 23.6 Å². The van der Waals surface area contributed by atoms with Gasteiger partial charge in [0.15, 0.2) is 5.78 Å². The van der Waals surface area contributed by atoms with Crippen molar-refractivity contribution in [2.75, 3.05) is 13.2 Å². The number of piperidine rings is 1. The molecule has 1 fully saturated rings. The van der Waals surface area contributed by atoms with Crippen LogP contribution in [0.3, 0.4) is 0 Å². The Morgan fingerprint density at radius 1 is 1.13 bits per heavy atom. The third-order valence-electron chi connectivity index (χ3n) is 4.41. The van der Waals surface area contributed by atoms with Crippen LogP contribution in [0.25, 0.3) is 0 Å². The average Bonchev–Trinajstić information content (AvgIpc) is 2.76. The van der Waals surface area contributed by atoms with E-state index in [1.807, 2.05) is 5.48 Å². The standard InChI is InChI=1S/C19H21Cl2FN2O6/c20-14-6-4-12(9-15(14)21)11-29-19(28)24-8-2-1-3-16(24)18(27)23-30-17(26)7-5-13(25)10-22/h4,6,9,16H,1-3,5,7-8,10-11H2,(H,23,27). The zero-order valence-electron chi connectivity index (χ0n) is 16.0. The van der Waals surface area contributed by atoms with E-state index in [0.29, 0.717) is 41.4 Å². The van der Waals surface area contributed by atoms with Crippen molar-refractivity contribution >= 4 is 47.0 Å². The monoisotopic (exact) mass is 462 g/mol. The molecule has 1 aromatic carbocycles. The minimum Gasteiger partial charge on any atom is -0.445 e. The van der Waals surface area contributed by atoms with Gasteiger partial charge in [-0.25, -0.2) is 14.0 Å². The number of hydrogen-bond donors (Lipinski definition) is 1. The van der Waals surface area contributed by atoms with Gasteiger partial charge in [-0.3, -0.25) is 14.5 Å². The molecule has 8 nitrogen and oxygen atoms in total. The molecule has 11 heteroatoms. The molecule has 2 rings (SSSR count). The number of nitrogens with zero attached hydrogens (tertiary/aromatic N) is 1. The lowest BCUT2D eigenvalue weighted by molar-refractivity contribution is -0.160. The molecule has 0 saturated carbocycles. The van der Waals surface area contributed by atoms with Crippen LogP contribution in [0.15, 0.2) is 18.2 Å². The maximum Gasteiger partial charge on any atom is 0.410 e. The zero-order chi connectivity index (χ0) is 22.1. The molecular weight excluding hydrogens is 442 g/mol. The van der Waals surface area contributed by atoms with Gasteiger partial charge in [-0.15, -0.1) is 0 Å². The van der Waals surface area contributed by atoms with E-state index >= 15 is 0 Å². The molecule has 0 bridgehead atoms. The summed E-state index contributed by atoms with van der Waals surface area (Å²) in [6.07, 6.45) is 0.391. The number of ketones is 1. The second-order valence-electron chi connectivity index (χ2n) is 6.62. The van der Waals surface area contributed by atoms with Gasteiger partial charge in [-0.2, -0.15) is 5.48 Å². The molecule has 2 amide bonds. The van der Waals surface area contributed by atoms with E-state index in [0.717, 1.165) is 0 Å². The van der Waals surface area contributed by atoms with Gasteiger partial charge in [0.05, 0.1) is 16.5 Å². The molecule has 0 spiro atoms. The second-order valence-corrected chi connectivity index (χ2v) is 7.44. The number of carbonyl (C=O) groups is 4. The minimum atomic E-state index is -1.17. The molecule has 30 heavy (non-hydrogen) atoms. The summed E-state index contributed by atoms with van der Waals surface area (Å²) < 4.78 is 17.4. The molecule has 1 heterocycles. The average molecular weight is 463 g/mol. The Morgan fingerprint density at radius 3 is 2.60 bits per heavy atom. The van der Waals surface area contributed by atoms with E-state index in [4.69, 9.17) is 27.9 Å². The van der Waals surface area contributed by atoms with Crippen LogP contribution in [0.1, 0.15) is 37.7 Å². The number of hydrogen-bond acceptors (Lipinski definition) is 6. The maximum absolute atomic E-state index is 12.5. The molecule has 1 saturated heterocycles. The van der Waals surface area contributed by atoms with Crippen molar-refractivity contribution in [2.45, 2.75) is 44.8 Å². The van der Waals surface area contributed by atoms with Gasteiger partial charge in [0, 0.05) is 13.0 Å². The third-order valence-corrected chi connectivity index (χ3v) is 5.15. The smallest absolute Gasteiger partial charge is 0.410 e. The number of carbonyl (C=O) groups excluding carboxylic acids is 4. The second kappa shape index (κ2) is 11.7. The number of hydroxylamine groups is 1. The Kier molecular flexibility index (Phi) is 9.32. The van der Waals surface area contributed by atoms with Gasteiger partial charge < -0.3 is 9.57 Å². The lowest BCUT2D eigenvalue weighted by Crippen LogP contribution is -2.52. The lowest BCUT2D eigenvalue weighted by Gasteiger charge is -2.33. The number of likely N-dealkylation sites (tertiary alicyclic amines) is 1. The molecular formula is C19H21Cl2FN2O6. The van der Waals surface area contributed by atoms with E-state index in [1.54, 1.807) is 18.2 Å². The number of alkyl halides is 1. The fourth-order valence-corrected chi connectivity index (χ4v) is 3.14. The molecule has 1 aromatic rings. The quantitative estimate of drug-likeness (QED) is 0.623. The number of amides is 2. The summed E-state index contributed by atoms with van der Waals surface area (Å²) in [5, 5.41) is 0.707. The van der Waals surface area contributed by atoms with Gasteiger partial charge in [0.25, 0.3) is 5.91 Å². The highest BCUT2D eigenvalue weighted by Gasteiger charge is 2.33. The first-order chi connectivity index (χ1) is 14.3. The molecule has 1 aliphatic heterocycles. The highest BCUT2D eigenvalue weighted by atomic mass is 35.5. The van der Waals surface area contributed by atoms with Crippen molar-refractivity contribution in [3.8, 4) is 0 Å². The van der Waals surface area contributed by atoms with Crippen molar-refractivity contribution in [2.24, 2.45) is 0 Å². The summed E-state index contributed by atoms with van der Waals surface area (Å²) in [5.74, 6) is -2.30. The van der Waals surface area contributed by atoms with Gasteiger partial charge >= 0.3 is 12.1 Å². The Balaban J connectivity index is 1.87. The number of ether oxygens (including phenoxy) is 1. The summed E-state index contributed by atoms with van der Waals surface area (Å²) in [6, 6.07) is 3.94. The highest BCUT2D eigenvalue weighted by molar-refractivity contribution is 6.42. The first-order valence-electron chi connectivity index (χ1n) is 9.26. The minimum absolute atomic E-state index is 0.0574. The van der Waals surface area contributed by atoms with Crippen LogP contribution >= 0.6 is 23.2 Å². The molecule has 1 atom stereocenters. The van der Waals surface area contributed by atoms with E-state index < -0.39 is 36.5 Å². The summed E-state index contributed by atoms with van der Waals surface area (Å²) >= 11 is 11.8. The number of benzene rings is 1. The summed E-state index contributed by atoms with van der Waals surface area (Å²) in [7, 11) is 0. The Hall–Kier alpha value is -2.39. The van der Waals surface area contributed by atoms with E-state index in [2.05, 4.69) is 4.84 Å². The van der Waals surface area contributed by atoms with Gasteiger partial charge in [-0.1, -0.05) is 29.3 Å². The normalized spacial score (nSPS) is 16.0. The number of rotatable bonds is 7. The van der Waals surface area contributed by atoms with Gasteiger partial charge in [0.1, 0.15) is 19.3 Å². The predicted octanol–water partition coefficient (Wildman–Crippen LogP) is 3.38. The molecule has 1 N–H and O–H groups in total. The number of halogens is 3. The van der Waals surface area contributed by atoms with E-state index in [-0.39, 0.29) is 19.4 Å². The van der Waals surface area contributed by atoms with E-state index in [1.165, 1.54) is 4.90 Å². The predicted molar refractivity (Wildman–Crippen MR) is 105 cm³/mol. The highest BCUT2D eigenvalue weighted by Crippen LogP contribution is 2.23. The molecule has 1 unspecified atom stereocenters. The molecule has 164 valence electrons. The fraction of sp³-hybridized carbons (Fsp3) is 0.474. The van der Waals surface area contributed by atoms with Crippen molar-refractivity contribution in [3.05, 3.63) is 33.8 Å². The molecule has 1 aliphatic rings. The van der Waals surface area contributed by atoms with Gasteiger partial charge in [-0.05, 0) is 37.0 Å². The Morgan fingerprint density at radius 2 is 1.90 bits per heavy atom. The Labute approximate surface area is 182 Å². The van der Waals surface area contributed by atoms with Crippen LogP contribution in [-0.4, -0.2) is 47.9 Å². The van der Waals surface area contributed by atoms with Crippen molar-refractivity contribution in [1.29, 1.82) is 0 Å². The lowest BCUT2D eigenvalue weighted by atomic mass is 10.0. The van der Waals surface area contributed by atoms with Crippen molar-refractivity contribution < 1.29 is 33.1 Å². The van der Waals surface area contributed by atoms with Gasteiger partial charge in [0.2, 0.25) is 0 Å². The van der Waals surface area contributed by atoms with Crippen LogP contribution in [-0.2, 0) is 30.6 Å². The summed E-state index contributed by atoms with van der Waals surface area (Å²) in [4.78, 5) is 53.1. The van der Waals surface area contributed by atoms with Crippen molar-refractivity contribution in [3.63, 3.8) is 0 Å². The number of nitrogens with one attached hydrogen (secondary N) is 1. The summed E-state index contributed by atoms with van der Waals surface area (Å²) in [5.41, 5.74) is 2.62. The topological polar surface area (TPSA) is 102 Å². The number of Topliss-reactive ketones (excluding diaryl/α,β-unsaturated/α-hetero) is 1. The van der Waals surface area contributed by atoms with Crippen LogP contribution < -0.4 is 5.48 Å². The van der Waals surface area contributed by atoms with Crippen molar-refractivity contribution in [1.82, 2.24) is 10.4 Å². The first kappa shape index (κ1) is 23.9. The maximum atomic E-state index is 12.5. The largest absolute Gasteiger partial charge is 0.445 e. The SMILES string of the molecule is O=C(CF)CCC(=O)ONC(=O)C1CCCCN1C(=O)OCc1ccc(Cl)c(Cl)c1. The first-order valence-corrected chi connectivity index (χ1v) is 10.0. The van der Waals surface area contributed by atoms with Crippen LogP contribution in [0.2, 0.25) is 10.0 Å². The molecule has 0 aromatic heterocycles. The fourth-order valence-electron chi connectivity index (χ4n) is 2.81. The zero-order valence-corrected chi connectivity index (χ0v) is 17.5. The van der Waals surface area contributed by atoms with Crippen LogP contribution in [0.5, 0.6) is 0 Å². The third kappa shape index (κ3) is 7.14.